The molecule has 0 unspecified atom stereocenters. The molecule has 0 fully saturated rings. The van der Waals surface area contributed by atoms with Gasteiger partial charge in [-0.2, -0.15) is 0 Å². The highest BCUT2D eigenvalue weighted by Crippen LogP contribution is 2.32. The van der Waals surface area contributed by atoms with E-state index in [-0.39, 0.29) is 0 Å². The summed E-state index contributed by atoms with van der Waals surface area (Å²) in [6.07, 6.45) is 0. The third-order valence-electron chi connectivity index (χ3n) is 2.28. The van der Waals surface area contributed by atoms with Crippen molar-refractivity contribution in [1.29, 1.82) is 0 Å². The van der Waals surface area contributed by atoms with Gasteiger partial charge in [0.2, 0.25) is 0 Å². The molecule has 2 aromatic carbocycles. The molecule has 0 saturated carbocycles. The normalized spacial score (nSPS) is 10.5. The average molecular weight is 329 g/mol. The van der Waals surface area contributed by atoms with E-state index in [0.717, 1.165) is 24.8 Å². The molecule has 0 saturated heterocycles. The Kier molecular flexibility index (Phi) is 4.51. The smallest absolute Gasteiger partial charge is 0.0417 e. The summed E-state index contributed by atoms with van der Waals surface area (Å²) >= 11 is 11.1. The Hall–Kier alpha value is -0.480. The van der Waals surface area contributed by atoms with Crippen LogP contribution in [0.15, 0.2) is 56.7 Å². The van der Waals surface area contributed by atoms with Crippen molar-refractivity contribution < 1.29 is 0 Å². The van der Waals surface area contributed by atoms with Crippen molar-refractivity contribution in [1.82, 2.24) is 0 Å². The third kappa shape index (κ3) is 3.49. The lowest BCUT2D eigenvalue weighted by atomic mass is 10.2. The molecule has 0 aliphatic rings. The fourth-order valence-electron chi connectivity index (χ4n) is 1.42. The number of rotatable bonds is 3. The van der Waals surface area contributed by atoms with E-state index in [1.54, 1.807) is 11.8 Å². The predicted octanol–water partition coefficient (Wildman–Crippen LogP) is 4.71. The van der Waals surface area contributed by atoms with Crippen LogP contribution in [0.4, 0.5) is 0 Å². The molecule has 2 aromatic rings. The van der Waals surface area contributed by atoms with Crippen LogP contribution in [0, 0.1) is 0 Å². The Balaban J connectivity index is 2.22. The topological polar surface area (TPSA) is 26.0 Å². The molecule has 0 amide bonds. The van der Waals surface area contributed by atoms with E-state index in [9.17, 15) is 0 Å². The third-order valence-corrected chi connectivity index (χ3v) is 4.23. The second-order valence-electron chi connectivity index (χ2n) is 3.52. The minimum absolute atomic E-state index is 0.544. The molecule has 0 aliphatic heterocycles. The van der Waals surface area contributed by atoms with Crippen molar-refractivity contribution in [3.63, 3.8) is 0 Å². The maximum atomic E-state index is 5.95. The van der Waals surface area contributed by atoms with Crippen LogP contribution >= 0.6 is 39.3 Å². The lowest BCUT2D eigenvalue weighted by Crippen LogP contribution is -1.96. The van der Waals surface area contributed by atoms with Crippen LogP contribution in [-0.4, -0.2) is 0 Å². The van der Waals surface area contributed by atoms with Crippen molar-refractivity contribution in [2.45, 2.75) is 16.3 Å². The molecule has 88 valence electrons. The summed E-state index contributed by atoms with van der Waals surface area (Å²) in [6.45, 7) is 0.544. The van der Waals surface area contributed by atoms with Gasteiger partial charge in [-0.1, -0.05) is 51.4 Å². The van der Waals surface area contributed by atoms with Crippen molar-refractivity contribution in [3.8, 4) is 0 Å². The first-order valence-electron chi connectivity index (χ1n) is 5.11. The molecule has 0 atom stereocenters. The minimum Gasteiger partial charge on any atom is -0.326 e. The number of hydrogen-bond acceptors (Lipinski definition) is 2. The molecule has 1 nitrogen and oxygen atoms in total. The van der Waals surface area contributed by atoms with Crippen molar-refractivity contribution in [3.05, 3.63) is 57.5 Å². The van der Waals surface area contributed by atoms with E-state index in [2.05, 4.69) is 28.1 Å². The zero-order valence-corrected chi connectivity index (χ0v) is 12.1. The zero-order valence-electron chi connectivity index (χ0n) is 8.99. The van der Waals surface area contributed by atoms with Gasteiger partial charge in [-0.05, 0) is 35.9 Å². The van der Waals surface area contributed by atoms with Crippen LogP contribution in [0.2, 0.25) is 5.02 Å². The molecule has 0 spiro atoms. The zero-order chi connectivity index (χ0) is 12.3. The van der Waals surface area contributed by atoms with Gasteiger partial charge in [0, 0.05) is 25.8 Å². The molecule has 0 aromatic heterocycles. The fourth-order valence-corrected chi connectivity index (χ4v) is 3.29. The Morgan fingerprint density at radius 3 is 2.53 bits per heavy atom. The van der Waals surface area contributed by atoms with Gasteiger partial charge in [0.25, 0.3) is 0 Å². The quantitative estimate of drug-likeness (QED) is 0.883. The monoisotopic (exact) mass is 327 g/mol. The average Bonchev–Trinajstić information content (AvgIpc) is 2.29. The van der Waals surface area contributed by atoms with Crippen LogP contribution in [0.1, 0.15) is 5.56 Å². The maximum Gasteiger partial charge on any atom is 0.0417 e. The second kappa shape index (κ2) is 5.91. The lowest BCUT2D eigenvalue weighted by molar-refractivity contribution is 1.05. The molecular weight excluding hydrogens is 318 g/mol. The fraction of sp³-hybridized carbons (Fsp3) is 0.0769. The van der Waals surface area contributed by atoms with Gasteiger partial charge in [-0.25, -0.2) is 0 Å². The van der Waals surface area contributed by atoms with Crippen LogP contribution in [0.3, 0.4) is 0 Å². The number of benzene rings is 2. The Labute approximate surface area is 118 Å². The van der Waals surface area contributed by atoms with Gasteiger partial charge in [0.05, 0.1) is 0 Å². The summed E-state index contributed by atoms with van der Waals surface area (Å²) in [5.41, 5.74) is 6.73. The standard InChI is InChI=1S/C13H11BrClNS/c14-13-7-12(5-4-9(13)8-16)17-11-3-1-2-10(15)6-11/h1-7H,8,16H2. The van der Waals surface area contributed by atoms with Gasteiger partial charge in [-0.15, -0.1) is 0 Å². The molecular formula is C13H11BrClNS. The van der Waals surface area contributed by atoms with Crippen LogP contribution in [0.5, 0.6) is 0 Å². The van der Waals surface area contributed by atoms with E-state index in [1.807, 2.05) is 30.3 Å². The molecule has 4 heteroatoms. The van der Waals surface area contributed by atoms with E-state index in [0.29, 0.717) is 6.54 Å². The molecule has 0 bridgehead atoms. The van der Waals surface area contributed by atoms with Crippen LogP contribution in [0.25, 0.3) is 0 Å². The van der Waals surface area contributed by atoms with E-state index in [1.165, 1.54) is 0 Å². The number of nitrogens with two attached hydrogens (primary N) is 1. The highest BCUT2D eigenvalue weighted by Gasteiger charge is 2.02. The summed E-state index contributed by atoms with van der Waals surface area (Å²) in [5.74, 6) is 0. The first kappa shape index (κ1) is 13.0. The highest BCUT2D eigenvalue weighted by atomic mass is 79.9. The largest absolute Gasteiger partial charge is 0.326 e. The Morgan fingerprint density at radius 2 is 1.88 bits per heavy atom. The molecule has 0 heterocycles. The van der Waals surface area contributed by atoms with Gasteiger partial charge in [0.15, 0.2) is 0 Å². The summed E-state index contributed by atoms with van der Waals surface area (Å²) in [6, 6.07) is 14.0. The summed E-state index contributed by atoms with van der Waals surface area (Å²) in [4.78, 5) is 2.29. The first-order valence-corrected chi connectivity index (χ1v) is 7.09. The second-order valence-corrected chi connectivity index (χ2v) is 5.95. The first-order chi connectivity index (χ1) is 8.19. The van der Waals surface area contributed by atoms with Crippen molar-refractivity contribution in [2.24, 2.45) is 5.73 Å². The van der Waals surface area contributed by atoms with Crippen LogP contribution < -0.4 is 5.73 Å². The summed E-state index contributed by atoms with van der Waals surface area (Å²) in [7, 11) is 0. The maximum absolute atomic E-state index is 5.95. The molecule has 2 N–H and O–H groups in total. The van der Waals surface area contributed by atoms with E-state index >= 15 is 0 Å². The molecule has 2 rings (SSSR count). The van der Waals surface area contributed by atoms with Gasteiger partial charge in [-0.3, -0.25) is 0 Å². The van der Waals surface area contributed by atoms with Gasteiger partial charge < -0.3 is 5.73 Å². The Bertz CT molecular complexity index is 531. The SMILES string of the molecule is NCc1ccc(Sc2cccc(Cl)c2)cc1Br. The minimum atomic E-state index is 0.544. The number of hydrogen-bond donors (Lipinski definition) is 1. The lowest BCUT2D eigenvalue weighted by Gasteiger charge is -2.05. The van der Waals surface area contributed by atoms with Crippen molar-refractivity contribution in [2.75, 3.05) is 0 Å². The highest BCUT2D eigenvalue weighted by molar-refractivity contribution is 9.10. The molecule has 0 radical (unpaired) electrons. The van der Waals surface area contributed by atoms with Gasteiger partial charge >= 0.3 is 0 Å². The van der Waals surface area contributed by atoms with Crippen LogP contribution in [-0.2, 0) is 6.54 Å². The van der Waals surface area contributed by atoms with Gasteiger partial charge in [0.1, 0.15) is 0 Å². The van der Waals surface area contributed by atoms with E-state index < -0.39 is 0 Å². The van der Waals surface area contributed by atoms with E-state index in [4.69, 9.17) is 17.3 Å². The predicted molar refractivity (Wildman–Crippen MR) is 77.6 cm³/mol. The molecule has 17 heavy (non-hydrogen) atoms. The summed E-state index contributed by atoms with van der Waals surface area (Å²) < 4.78 is 1.05. The number of halogens is 2. The summed E-state index contributed by atoms with van der Waals surface area (Å²) in [5, 5.41) is 0.757. The van der Waals surface area contributed by atoms with Crippen molar-refractivity contribution >= 4 is 39.3 Å². The molecule has 0 aliphatic carbocycles. The Morgan fingerprint density at radius 1 is 1.12 bits per heavy atom.